The van der Waals surface area contributed by atoms with E-state index in [0.29, 0.717) is 9.76 Å². The SMILES string of the molecule is CCCCCCCCCCCCCCCCO[Si]C. The Morgan fingerprint density at radius 2 is 0.947 bits per heavy atom. The zero-order chi connectivity index (χ0) is 14.0. The van der Waals surface area contributed by atoms with E-state index >= 15 is 0 Å². The standard InChI is InChI=1S/C17H36OSi/c1-3-4-5-6-7-8-9-10-11-12-13-14-15-16-17-18-19-2/h3-17H2,1-2H3. The normalized spacial score (nSPS) is 11.1. The molecule has 114 valence electrons. The van der Waals surface area contributed by atoms with E-state index in [1.807, 2.05) is 0 Å². The molecule has 0 saturated carbocycles. The molecule has 0 fully saturated rings. The Hall–Kier alpha value is 0.177. The molecule has 0 aliphatic rings. The fourth-order valence-electron chi connectivity index (χ4n) is 2.47. The van der Waals surface area contributed by atoms with Gasteiger partial charge in [-0.25, -0.2) is 0 Å². The maximum Gasteiger partial charge on any atom is 0.226 e. The van der Waals surface area contributed by atoms with Crippen molar-refractivity contribution in [3.63, 3.8) is 0 Å². The first-order valence-corrected chi connectivity index (χ1v) is 10.1. The van der Waals surface area contributed by atoms with Crippen LogP contribution in [0.15, 0.2) is 0 Å². The Balaban J connectivity index is 2.88. The lowest BCUT2D eigenvalue weighted by molar-refractivity contribution is 0.323. The van der Waals surface area contributed by atoms with E-state index in [4.69, 9.17) is 4.43 Å². The third kappa shape index (κ3) is 18.2. The first-order valence-electron chi connectivity index (χ1n) is 8.70. The molecule has 0 unspecified atom stereocenters. The molecule has 0 atom stereocenters. The monoisotopic (exact) mass is 284 g/mol. The van der Waals surface area contributed by atoms with Crippen molar-refractivity contribution in [1.29, 1.82) is 0 Å². The number of unbranched alkanes of at least 4 members (excludes halogenated alkanes) is 13. The third-order valence-corrected chi connectivity index (χ3v) is 4.24. The molecule has 2 heteroatoms. The molecular weight excluding hydrogens is 248 g/mol. The van der Waals surface area contributed by atoms with E-state index < -0.39 is 0 Å². The van der Waals surface area contributed by atoms with Gasteiger partial charge in [-0.15, -0.1) is 0 Å². The minimum atomic E-state index is 0.669. The number of hydrogen-bond acceptors (Lipinski definition) is 1. The van der Waals surface area contributed by atoms with Crippen molar-refractivity contribution in [2.75, 3.05) is 6.61 Å². The summed E-state index contributed by atoms with van der Waals surface area (Å²) in [5.74, 6) is 0. The largest absolute Gasteiger partial charge is 0.418 e. The lowest BCUT2D eigenvalue weighted by Crippen LogP contribution is -1.95. The van der Waals surface area contributed by atoms with Gasteiger partial charge in [0.2, 0.25) is 9.76 Å². The summed E-state index contributed by atoms with van der Waals surface area (Å²) in [5, 5.41) is 0. The molecule has 0 N–H and O–H groups in total. The first-order chi connectivity index (χ1) is 9.41. The molecule has 1 nitrogen and oxygen atoms in total. The summed E-state index contributed by atoms with van der Waals surface area (Å²) >= 11 is 0. The molecule has 0 aromatic carbocycles. The van der Waals surface area contributed by atoms with Crippen molar-refractivity contribution < 1.29 is 4.43 Å². The van der Waals surface area contributed by atoms with E-state index in [1.54, 1.807) is 0 Å². The average molecular weight is 285 g/mol. The van der Waals surface area contributed by atoms with Crippen molar-refractivity contribution in [3.8, 4) is 0 Å². The Labute approximate surface area is 124 Å². The van der Waals surface area contributed by atoms with Crippen LogP contribution in [0, 0.1) is 0 Å². The molecule has 0 aromatic rings. The average Bonchev–Trinajstić information content (AvgIpc) is 2.43. The highest BCUT2D eigenvalue weighted by Gasteiger charge is 1.94. The molecule has 0 bridgehead atoms. The van der Waals surface area contributed by atoms with Gasteiger partial charge >= 0.3 is 0 Å². The van der Waals surface area contributed by atoms with E-state index in [9.17, 15) is 0 Å². The molecule has 19 heavy (non-hydrogen) atoms. The molecule has 0 saturated heterocycles. The Kier molecular flexibility index (Phi) is 18.3. The van der Waals surface area contributed by atoms with Crippen LogP contribution in [0.1, 0.15) is 96.8 Å². The summed E-state index contributed by atoms with van der Waals surface area (Å²) in [6.07, 6.45) is 20.0. The van der Waals surface area contributed by atoms with Gasteiger partial charge in [-0.1, -0.05) is 90.4 Å². The highest BCUT2D eigenvalue weighted by Crippen LogP contribution is 2.12. The van der Waals surface area contributed by atoms with Crippen LogP contribution >= 0.6 is 0 Å². The van der Waals surface area contributed by atoms with Gasteiger partial charge in [0.25, 0.3) is 0 Å². The maximum absolute atomic E-state index is 5.37. The van der Waals surface area contributed by atoms with Crippen molar-refractivity contribution >= 4 is 9.76 Å². The molecule has 0 rings (SSSR count). The van der Waals surface area contributed by atoms with Crippen molar-refractivity contribution in [3.05, 3.63) is 0 Å². The van der Waals surface area contributed by atoms with Crippen LogP contribution in [0.25, 0.3) is 0 Å². The van der Waals surface area contributed by atoms with Crippen LogP contribution in [-0.4, -0.2) is 16.4 Å². The van der Waals surface area contributed by atoms with Gasteiger partial charge in [-0.3, -0.25) is 0 Å². The predicted molar refractivity (Wildman–Crippen MR) is 87.9 cm³/mol. The summed E-state index contributed by atoms with van der Waals surface area (Å²) in [5.41, 5.74) is 0. The molecule has 0 amide bonds. The molecule has 0 aromatic heterocycles. The van der Waals surface area contributed by atoms with Crippen molar-refractivity contribution in [1.82, 2.24) is 0 Å². The minimum absolute atomic E-state index is 0.669. The summed E-state index contributed by atoms with van der Waals surface area (Å²) in [4.78, 5) is 0. The van der Waals surface area contributed by atoms with E-state index in [1.165, 1.54) is 89.9 Å². The van der Waals surface area contributed by atoms with Gasteiger partial charge in [0.05, 0.1) is 0 Å². The lowest BCUT2D eigenvalue weighted by atomic mass is 10.0. The topological polar surface area (TPSA) is 9.23 Å². The minimum Gasteiger partial charge on any atom is -0.418 e. The van der Waals surface area contributed by atoms with Crippen LogP contribution in [0.5, 0.6) is 0 Å². The zero-order valence-electron chi connectivity index (χ0n) is 13.5. The first kappa shape index (κ1) is 19.2. The number of rotatable bonds is 16. The van der Waals surface area contributed by atoms with Gasteiger partial charge in [0.15, 0.2) is 0 Å². The summed E-state index contributed by atoms with van der Waals surface area (Å²) in [7, 11) is 0.669. The summed E-state index contributed by atoms with van der Waals surface area (Å²) < 4.78 is 5.37. The summed E-state index contributed by atoms with van der Waals surface area (Å²) in [6.45, 7) is 5.37. The van der Waals surface area contributed by atoms with Crippen LogP contribution in [0.3, 0.4) is 0 Å². The highest BCUT2D eigenvalue weighted by molar-refractivity contribution is 6.24. The zero-order valence-corrected chi connectivity index (χ0v) is 14.5. The molecule has 0 aliphatic carbocycles. The molecule has 0 heterocycles. The van der Waals surface area contributed by atoms with Crippen LogP contribution in [-0.2, 0) is 4.43 Å². The summed E-state index contributed by atoms with van der Waals surface area (Å²) in [6, 6.07) is 0. The van der Waals surface area contributed by atoms with Crippen LogP contribution in [0.4, 0.5) is 0 Å². The second-order valence-corrected chi connectivity index (χ2v) is 6.35. The van der Waals surface area contributed by atoms with E-state index in [-0.39, 0.29) is 0 Å². The third-order valence-electron chi connectivity index (χ3n) is 3.74. The fourth-order valence-corrected chi connectivity index (χ4v) is 2.82. The van der Waals surface area contributed by atoms with Gasteiger partial charge in [0.1, 0.15) is 0 Å². The second kappa shape index (κ2) is 18.2. The maximum atomic E-state index is 5.37. The van der Waals surface area contributed by atoms with Gasteiger partial charge in [-0.05, 0) is 13.0 Å². The number of hydrogen-bond donors (Lipinski definition) is 0. The Bertz CT molecular complexity index is 134. The van der Waals surface area contributed by atoms with E-state index in [2.05, 4.69) is 13.5 Å². The predicted octanol–water partition coefficient (Wildman–Crippen LogP) is 6.15. The van der Waals surface area contributed by atoms with Gasteiger partial charge in [-0.2, -0.15) is 0 Å². The highest BCUT2D eigenvalue weighted by atomic mass is 28.2. The lowest BCUT2D eigenvalue weighted by Gasteiger charge is -2.03. The van der Waals surface area contributed by atoms with Gasteiger partial charge < -0.3 is 4.43 Å². The van der Waals surface area contributed by atoms with Crippen LogP contribution in [0.2, 0.25) is 6.55 Å². The molecular formula is C17H36OSi. The Morgan fingerprint density at radius 3 is 1.32 bits per heavy atom. The smallest absolute Gasteiger partial charge is 0.226 e. The fraction of sp³-hybridized carbons (Fsp3) is 1.00. The van der Waals surface area contributed by atoms with Crippen molar-refractivity contribution in [2.24, 2.45) is 0 Å². The van der Waals surface area contributed by atoms with Crippen molar-refractivity contribution in [2.45, 2.75) is 103 Å². The molecule has 0 spiro atoms. The van der Waals surface area contributed by atoms with E-state index in [0.717, 1.165) is 6.61 Å². The second-order valence-electron chi connectivity index (χ2n) is 5.65. The molecule has 0 aliphatic heterocycles. The quantitative estimate of drug-likeness (QED) is 0.244. The Morgan fingerprint density at radius 1 is 0.579 bits per heavy atom. The van der Waals surface area contributed by atoms with Gasteiger partial charge in [0, 0.05) is 6.61 Å². The van der Waals surface area contributed by atoms with Crippen LogP contribution < -0.4 is 0 Å². The molecule has 2 radical (unpaired) electrons.